The first-order valence-corrected chi connectivity index (χ1v) is 5.88. The number of carbonyl (C=O) groups is 1. The van der Waals surface area contributed by atoms with Crippen molar-refractivity contribution in [3.8, 4) is 6.07 Å². The van der Waals surface area contributed by atoms with Crippen LogP contribution in [0.3, 0.4) is 0 Å². The summed E-state index contributed by atoms with van der Waals surface area (Å²) in [6, 6.07) is 1.70. The summed E-state index contributed by atoms with van der Waals surface area (Å²) in [7, 11) is 0. The molecular formula is C12H23N3O. The van der Waals surface area contributed by atoms with Crippen LogP contribution in [0.2, 0.25) is 0 Å². The average Bonchev–Trinajstić information content (AvgIpc) is 2.26. The summed E-state index contributed by atoms with van der Waals surface area (Å²) in [6.07, 6.45) is 1.24. The molecule has 0 aromatic heterocycles. The molecule has 92 valence electrons. The Morgan fingerprint density at radius 1 is 1.44 bits per heavy atom. The Bertz CT molecular complexity index is 257. The number of amides is 1. The molecule has 4 nitrogen and oxygen atoms in total. The van der Waals surface area contributed by atoms with Crippen molar-refractivity contribution in [2.75, 3.05) is 6.54 Å². The Hall–Kier alpha value is -1.08. The number of nitriles is 1. The highest BCUT2D eigenvalue weighted by atomic mass is 16.2. The number of carbonyl (C=O) groups excluding carboxylic acids is 1. The zero-order chi connectivity index (χ0) is 12.7. The van der Waals surface area contributed by atoms with Gasteiger partial charge in [-0.15, -0.1) is 0 Å². The van der Waals surface area contributed by atoms with E-state index in [-0.39, 0.29) is 17.9 Å². The molecule has 0 aliphatic rings. The Morgan fingerprint density at radius 3 is 2.38 bits per heavy atom. The third-order valence-electron chi connectivity index (χ3n) is 2.91. The Labute approximate surface area is 98.4 Å². The van der Waals surface area contributed by atoms with Gasteiger partial charge in [0.15, 0.2) is 0 Å². The van der Waals surface area contributed by atoms with Crippen LogP contribution in [0.15, 0.2) is 0 Å². The van der Waals surface area contributed by atoms with E-state index in [1.54, 1.807) is 4.90 Å². The van der Waals surface area contributed by atoms with Crippen molar-refractivity contribution >= 4 is 5.91 Å². The lowest BCUT2D eigenvalue weighted by Gasteiger charge is -2.30. The number of rotatable bonds is 6. The van der Waals surface area contributed by atoms with Crippen molar-refractivity contribution in [3.63, 3.8) is 0 Å². The molecule has 0 saturated heterocycles. The second-order valence-corrected chi connectivity index (χ2v) is 4.44. The molecule has 0 bridgehead atoms. The maximum absolute atomic E-state index is 12.1. The summed E-state index contributed by atoms with van der Waals surface area (Å²) in [4.78, 5) is 13.8. The summed E-state index contributed by atoms with van der Waals surface area (Å²) >= 11 is 0. The van der Waals surface area contributed by atoms with E-state index in [4.69, 9.17) is 11.0 Å². The lowest BCUT2D eigenvalue weighted by atomic mass is 9.98. The molecule has 0 saturated carbocycles. The molecule has 0 heterocycles. The van der Waals surface area contributed by atoms with Crippen molar-refractivity contribution in [2.45, 2.75) is 52.6 Å². The Kier molecular flexibility index (Phi) is 6.75. The van der Waals surface area contributed by atoms with E-state index < -0.39 is 6.04 Å². The number of hydrogen-bond acceptors (Lipinski definition) is 3. The van der Waals surface area contributed by atoms with Crippen LogP contribution < -0.4 is 5.73 Å². The normalized spacial score (nSPS) is 14.3. The van der Waals surface area contributed by atoms with Crippen LogP contribution in [-0.2, 0) is 4.79 Å². The highest BCUT2D eigenvalue weighted by molar-refractivity contribution is 5.82. The molecule has 16 heavy (non-hydrogen) atoms. The minimum atomic E-state index is -0.453. The van der Waals surface area contributed by atoms with Gasteiger partial charge in [0.05, 0.1) is 18.5 Å². The first-order valence-electron chi connectivity index (χ1n) is 5.88. The predicted molar refractivity (Wildman–Crippen MR) is 64.5 cm³/mol. The van der Waals surface area contributed by atoms with Crippen molar-refractivity contribution in [3.05, 3.63) is 0 Å². The number of nitrogens with two attached hydrogens (primary N) is 1. The third kappa shape index (κ3) is 4.19. The summed E-state index contributed by atoms with van der Waals surface area (Å²) < 4.78 is 0. The zero-order valence-corrected chi connectivity index (χ0v) is 10.7. The molecule has 0 rings (SSSR count). The van der Waals surface area contributed by atoms with Gasteiger partial charge in [-0.3, -0.25) is 4.79 Å². The molecular weight excluding hydrogens is 202 g/mol. The first-order chi connectivity index (χ1) is 7.45. The van der Waals surface area contributed by atoms with Gasteiger partial charge in [0.2, 0.25) is 5.91 Å². The molecule has 0 aliphatic heterocycles. The summed E-state index contributed by atoms with van der Waals surface area (Å²) in [5.41, 5.74) is 5.91. The fraction of sp³-hybridized carbons (Fsp3) is 0.833. The van der Waals surface area contributed by atoms with Crippen molar-refractivity contribution < 1.29 is 4.79 Å². The van der Waals surface area contributed by atoms with E-state index in [1.165, 1.54) is 0 Å². The highest BCUT2D eigenvalue weighted by Crippen LogP contribution is 2.11. The van der Waals surface area contributed by atoms with Crippen molar-refractivity contribution in [1.82, 2.24) is 4.90 Å². The van der Waals surface area contributed by atoms with Crippen LogP contribution in [0.4, 0.5) is 0 Å². The molecule has 2 atom stereocenters. The van der Waals surface area contributed by atoms with Crippen molar-refractivity contribution in [2.24, 2.45) is 11.7 Å². The maximum Gasteiger partial charge on any atom is 0.240 e. The predicted octanol–water partition coefficient (Wildman–Crippen LogP) is 1.51. The standard InChI is InChI=1S/C12H23N3O/c1-5-10(4)11(14)12(16)15(9(2)3)8-6-7-13/h9-11H,5-6,8,14H2,1-4H3/t10-,11-/m0/s1. The molecule has 1 amide bonds. The molecule has 4 heteroatoms. The van der Waals surface area contributed by atoms with Gasteiger partial charge in [-0.25, -0.2) is 0 Å². The summed E-state index contributed by atoms with van der Waals surface area (Å²) in [6.45, 7) is 8.35. The van der Waals surface area contributed by atoms with E-state index >= 15 is 0 Å². The van der Waals surface area contributed by atoms with Gasteiger partial charge < -0.3 is 10.6 Å². The zero-order valence-electron chi connectivity index (χ0n) is 10.7. The van der Waals surface area contributed by atoms with E-state index in [0.29, 0.717) is 13.0 Å². The second kappa shape index (κ2) is 7.24. The van der Waals surface area contributed by atoms with Gasteiger partial charge >= 0.3 is 0 Å². The van der Waals surface area contributed by atoms with E-state index in [1.807, 2.05) is 27.7 Å². The monoisotopic (exact) mass is 225 g/mol. The van der Waals surface area contributed by atoms with Gasteiger partial charge in [0.1, 0.15) is 0 Å². The fourth-order valence-corrected chi connectivity index (χ4v) is 1.48. The van der Waals surface area contributed by atoms with Crippen molar-refractivity contribution in [1.29, 1.82) is 5.26 Å². The number of hydrogen-bond donors (Lipinski definition) is 1. The molecule has 2 N–H and O–H groups in total. The SMILES string of the molecule is CC[C@H](C)[C@H](N)C(=O)N(CCC#N)C(C)C. The van der Waals surface area contributed by atoms with Gasteiger partial charge in [0, 0.05) is 12.6 Å². The minimum absolute atomic E-state index is 0.0420. The van der Waals surface area contributed by atoms with Crippen LogP contribution in [0.25, 0.3) is 0 Å². The lowest BCUT2D eigenvalue weighted by molar-refractivity contribution is -0.135. The largest absolute Gasteiger partial charge is 0.338 e. The molecule has 0 fully saturated rings. The van der Waals surface area contributed by atoms with E-state index in [9.17, 15) is 4.79 Å². The minimum Gasteiger partial charge on any atom is -0.338 e. The molecule has 0 aromatic carbocycles. The average molecular weight is 225 g/mol. The lowest BCUT2D eigenvalue weighted by Crippen LogP contribution is -2.49. The van der Waals surface area contributed by atoms with Crippen LogP contribution in [0, 0.1) is 17.2 Å². The Morgan fingerprint density at radius 2 is 2.00 bits per heavy atom. The smallest absolute Gasteiger partial charge is 0.240 e. The molecule has 0 aromatic rings. The van der Waals surface area contributed by atoms with E-state index in [0.717, 1.165) is 6.42 Å². The van der Waals surface area contributed by atoms with Crippen LogP contribution >= 0.6 is 0 Å². The van der Waals surface area contributed by atoms with Crippen LogP contribution in [0.5, 0.6) is 0 Å². The summed E-state index contributed by atoms with van der Waals surface area (Å²) in [5, 5.41) is 8.55. The molecule has 0 spiro atoms. The van der Waals surface area contributed by atoms with Crippen LogP contribution in [0.1, 0.15) is 40.5 Å². The molecule has 0 unspecified atom stereocenters. The molecule has 0 aliphatic carbocycles. The quantitative estimate of drug-likeness (QED) is 0.745. The second-order valence-electron chi connectivity index (χ2n) is 4.44. The molecule has 0 radical (unpaired) electrons. The fourth-order valence-electron chi connectivity index (χ4n) is 1.48. The van der Waals surface area contributed by atoms with Gasteiger partial charge in [-0.1, -0.05) is 20.3 Å². The van der Waals surface area contributed by atoms with Gasteiger partial charge in [0.25, 0.3) is 0 Å². The van der Waals surface area contributed by atoms with E-state index in [2.05, 4.69) is 6.07 Å². The Balaban J connectivity index is 4.55. The van der Waals surface area contributed by atoms with Gasteiger partial charge in [-0.2, -0.15) is 5.26 Å². The number of nitrogens with zero attached hydrogens (tertiary/aromatic N) is 2. The first kappa shape index (κ1) is 14.9. The summed E-state index contributed by atoms with van der Waals surface area (Å²) in [5.74, 6) is 0.135. The van der Waals surface area contributed by atoms with Gasteiger partial charge in [-0.05, 0) is 19.8 Å². The topological polar surface area (TPSA) is 70.1 Å². The maximum atomic E-state index is 12.1. The highest BCUT2D eigenvalue weighted by Gasteiger charge is 2.26. The van der Waals surface area contributed by atoms with Crippen LogP contribution in [-0.4, -0.2) is 29.4 Å². The third-order valence-corrected chi connectivity index (χ3v) is 2.91.